The first kappa shape index (κ1) is 17.0. The van der Waals surface area contributed by atoms with Gasteiger partial charge in [0.15, 0.2) is 0 Å². The van der Waals surface area contributed by atoms with Crippen LogP contribution in [0.2, 0.25) is 0 Å². The van der Waals surface area contributed by atoms with E-state index < -0.39 is 0 Å². The molecule has 0 fully saturated rings. The number of hydrogen-bond acceptors (Lipinski definition) is 2. The van der Waals surface area contributed by atoms with Crippen LogP contribution in [0, 0.1) is 6.92 Å². The van der Waals surface area contributed by atoms with Gasteiger partial charge in [0.05, 0.1) is 0 Å². The maximum absolute atomic E-state index is 12.1. The summed E-state index contributed by atoms with van der Waals surface area (Å²) < 4.78 is 0. The third-order valence-electron chi connectivity index (χ3n) is 4.38. The molecule has 1 heterocycles. The highest BCUT2D eigenvalue weighted by Gasteiger charge is 2.05. The number of aromatic nitrogens is 1. The van der Waals surface area contributed by atoms with Crippen molar-refractivity contribution in [3.8, 4) is 0 Å². The number of anilines is 1. The summed E-state index contributed by atoms with van der Waals surface area (Å²) in [5.41, 5.74) is 4.61. The van der Waals surface area contributed by atoms with E-state index in [0.29, 0.717) is 18.4 Å². The molecule has 3 aromatic rings. The summed E-state index contributed by atoms with van der Waals surface area (Å²) >= 11 is 0. The molecular weight excluding hydrogens is 312 g/mol. The highest BCUT2D eigenvalue weighted by atomic mass is 16.1. The number of amides is 1. The quantitative estimate of drug-likeness (QED) is 0.741. The zero-order chi connectivity index (χ0) is 17.8. The second-order valence-corrected chi connectivity index (χ2v) is 6.30. The highest BCUT2D eigenvalue weighted by molar-refractivity contribution is 5.91. The number of benzene rings is 2. The van der Waals surface area contributed by atoms with E-state index in [2.05, 4.69) is 17.2 Å². The van der Waals surface area contributed by atoms with Gasteiger partial charge in [0.1, 0.15) is 0 Å². The van der Waals surface area contributed by atoms with Gasteiger partial charge in [-0.2, -0.15) is 0 Å². The van der Waals surface area contributed by atoms with Crippen LogP contribution in [0.15, 0.2) is 53.3 Å². The van der Waals surface area contributed by atoms with Gasteiger partial charge in [0.25, 0.3) is 5.56 Å². The number of hydrogen-bond donors (Lipinski definition) is 2. The molecule has 25 heavy (non-hydrogen) atoms. The van der Waals surface area contributed by atoms with Crippen molar-refractivity contribution in [1.82, 2.24) is 4.98 Å². The van der Waals surface area contributed by atoms with Crippen molar-refractivity contribution in [2.45, 2.75) is 33.1 Å². The maximum Gasteiger partial charge on any atom is 0.251 e. The van der Waals surface area contributed by atoms with Gasteiger partial charge in [0, 0.05) is 23.2 Å². The SMILES string of the molecule is CCc1ccc(NC(=O)CCc2ccc3[nH]c(=O)c(C)cc3c2)cc1. The summed E-state index contributed by atoms with van der Waals surface area (Å²) in [6.07, 6.45) is 2.07. The summed E-state index contributed by atoms with van der Waals surface area (Å²) in [7, 11) is 0. The number of nitrogens with one attached hydrogen (secondary N) is 2. The van der Waals surface area contributed by atoms with Crippen LogP contribution in [0.1, 0.15) is 30.0 Å². The molecule has 2 aromatic carbocycles. The van der Waals surface area contributed by atoms with Crippen LogP contribution in [0.25, 0.3) is 10.9 Å². The largest absolute Gasteiger partial charge is 0.326 e. The molecule has 0 radical (unpaired) electrons. The van der Waals surface area contributed by atoms with E-state index in [0.717, 1.165) is 28.6 Å². The lowest BCUT2D eigenvalue weighted by molar-refractivity contribution is -0.116. The zero-order valence-corrected chi connectivity index (χ0v) is 14.6. The molecule has 4 nitrogen and oxygen atoms in total. The normalized spacial score (nSPS) is 10.8. The number of rotatable bonds is 5. The molecule has 1 amide bonds. The molecule has 0 atom stereocenters. The van der Waals surface area contributed by atoms with Crippen LogP contribution in [0.5, 0.6) is 0 Å². The summed E-state index contributed by atoms with van der Waals surface area (Å²) in [6.45, 7) is 3.90. The lowest BCUT2D eigenvalue weighted by Crippen LogP contribution is -2.12. The van der Waals surface area contributed by atoms with Crippen LogP contribution in [-0.4, -0.2) is 10.9 Å². The summed E-state index contributed by atoms with van der Waals surface area (Å²) in [6, 6.07) is 15.7. The molecule has 3 rings (SSSR count). The fourth-order valence-electron chi connectivity index (χ4n) is 2.83. The Morgan fingerprint density at radius 3 is 2.48 bits per heavy atom. The lowest BCUT2D eigenvalue weighted by Gasteiger charge is -2.07. The summed E-state index contributed by atoms with van der Waals surface area (Å²) in [5.74, 6) is 0.00185. The Morgan fingerprint density at radius 2 is 1.76 bits per heavy atom. The van der Waals surface area contributed by atoms with Gasteiger partial charge >= 0.3 is 0 Å². The fraction of sp³-hybridized carbons (Fsp3) is 0.238. The molecule has 4 heteroatoms. The zero-order valence-electron chi connectivity index (χ0n) is 14.6. The number of carbonyl (C=O) groups excluding carboxylic acids is 1. The minimum atomic E-state index is -0.0614. The Kier molecular flexibility index (Phi) is 4.98. The molecule has 0 spiro atoms. The van der Waals surface area contributed by atoms with Gasteiger partial charge < -0.3 is 10.3 Å². The lowest BCUT2D eigenvalue weighted by atomic mass is 10.1. The predicted molar refractivity (Wildman–Crippen MR) is 102 cm³/mol. The van der Waals surface area contributed by atoms with Gasteiger partial charge in [0.2, 0.25) is 5.91 Å². The molecule has 0 saturated carbocycles. The molecule has 0 aliphatic rings. The maximum atomic E-state index is 12.1. The average molecular weight is 334 g/mol. The van der Waals surface area contributed by atoms with Crippen molar-refractivity contribution in [2.24, 2.45) is 0 Å². The summed E-state index contributed by atoms with van der Waals surface area (Å²) in [4.78, 5) is 26.6. The van der Waals surface area contributed by atoms with E-state index in [9.17, 15) is 9.59 Å². The Labute approximate surface area is 146 Å². The summed E-state index contributed by atoms with van der Waals surface area (Å²) in [5, 5.41) is 3.92. The molecule has 0 saturated heterocycles. The van der Waals surface area contributed by atoms with E-state index in [1.807, 2.05) is 48.5 Å². The van der Waals surface area contributed by atoms with Gasteiger partial charge in [-0.15, -0.1) is 0 Å². The molecule has 2 N–H and O–H groups in total. The van der Waals surface area contributed by atoms with Crippen molar-refractivity contribution in [3.05, 3.63) is 75.6 Å². The van der Waals surface area contributed by atoms with E-state index in [1.165, 1.54) is 5.56 Å². The van der Waals surface area contributed by atoms with Crippen molar-refractivity contribution in [3.63, 3.8) is 0 Å². The van der Waals surface area contributed by atoms with E-state index in [1.54, 1.807) is 6.92 Å². The van der Waals surface area contributed by atoms with Crippen LogP contribution < -0.4 is 10.9 Å². The predicted octanol–water partition coefficient (Wildman–Crippen LogP) is 3.97. The number of aromatic amines is 1. The van der Waals surface area contributed by atoms with E-state index in [-0.39, 0.29) is 11.5 Å². The number of aryl methyl sites for hydroxylation is 3. The molecular formula is C21H22N2O2. The third-order valence-corrected chi connectivity index (χ3v) is 4.38. The minimum Gasteiger partial charge on any atom is -0.326 e. The second kappa shape index (κ2) is 7.34. The van der Waals surface area contributed by atoms with Crippen molar-refractivity contribution >= 4 is 22.5 Å². The van der Waals surface area contributed by atoms with Crippen LogP contribution in [-0.2, 0) is 17.6 Å². The first-order valence-electron chi connectivity index (χ1n) is 8.56. The van der Waals surface area contributed by atoms with Crippen LogP contribution in [0.4, 0.5) is 5.69 Å². The van der Waals surface area contributed by atoms with Gasteiger partial charge in [-0.25, -0.2) is 0 Å². The monoisotopic (exact) mass is 334 g/mol. The Morgan fingerprint density at radius 1 is 1.04 bits per heavy atom. The molecule has 128 valence electrons. The highest BCUT2D eigenvalue weighted by Crippen LogP contribution is 2.16. The Balaban J connectivity index is 1.64. The first-order chi connectivity index (χ1) is 12.0. The van der Waals surface area contributed by atoms with Gasteiger partial charge in [-0.1, -0.05) is 25.1 Å². The Hall–Kier alpha value is -2.88. The molecule has 1 aromatic heterocycles. The topological polar surface area (TPSA) is 62.0 Å². The van der Waals surface area contributed by atoms with Gasteiger partial charge in [-0.05, 0) is 66.6 Å². The third kappa shape index (κ3) is 4.15. The van der Waals surface area contributed by atoms with Crippen molar-refractivity contribution in [1.29, 1.82) is 0 Å². The standard InChI is InChI=1S/C21H22N2O2/c1-3-15-4-8-18(9-5-15)22-20(24)11-7-16-6-10-19-17(13-16)12-14(2)21(25)23-19/h4-6,8-10,12-13H,3,7,11H2,1-2H3,(H,22,24)(H,23,25). The smallest absolute Gasteiger partial charge is 0.251 e. The van der Waals surface area contributed by atoms with Crippen LogP contribution >= 0.6 is 0 Å². The van der Waals surface area contributed by atoms with Crippen molar-refractivity contribution in [2.75, 3.05) is 5.32 Å². The molecule has 0 aliphatic carbocycles. The number of H-pyrrole nitrogens is 1. The second-order valence-electron chi connectivity index (χ2n) is 6.30. The minimum absolute atomic E-state index is 0.00185. The molecule has 0 bridgehead atoms. The van der Waals surface area contributed by atoms with E-state index >= 15 is 0 Å². The first-order valence-corrected chi connectivity index (χ1v) is 8.56. The molecule has 0 aliphatic heterocycles. The Bertz CT molecular complexity index is 956. The van der Waals surface area contributed by atoms with Gasteiger partial charge in [-0.3, -0.25) is 9.59 Å². The molecule has 0 unspecified atom stereocenters. The van der Waals surface area contributed by atoms with Crippen LogP contribution in [0.3, 0.4) is 0 Å². The van der Waals surface area contributed by atoms with Crippen molar-refractivity contribution < 1.29 is 4.79 Å². The number of carbonyl (C=O) groups is 1. The average Bonchev–Trinajstić information content (AvgIpc) is 2.61. The number of fused-ring (bicyclic) bond motifs is 1. The number of pyridine rings is 1. The fourth-order valence-corrected chi connectivity index (χ4v) is 2.83. The van der Waals surface area contributed by atoms with E-state index in [4.69, 9.17) is 0 Å².